The highest BCUT2D eigenvalue weighted by Gasteiger charge is 2.10. The Hall–Kier alpha value is -3.28. The van der Waals surface area contributed by atoms with Gasteiger partial charge in [0.15, 0.2) is 0 Å². The van der Waals surface area contributed by atoms with Crippen molar-refractivity contribution in [1.82, 2.24) is 10.6 Å². The molecule has 2 aromatic rings. The monoisotopic (exact) mass is 438 g/mol. The van der Waals surface area contributed by atoms with Crippen molar-refractivity contribution in [2.75, 3.05) is 26.3 Å². The Balaban J connectivity index is 2.08. The van der Waals surface area contributed by atoms with Gasteiger partial charge in [-0.2, -0.15) is 0 Å². The summed E-state index contributed by atoms with van der Waals surface area (Å²) in [7, 11) is 0. The van der Waals surface area contributed by atoms with E-state index in [1.807, 2.05) is 24.3 Å². The van der Waals surface area contributed by atoms with Gasteiger partial charge in [-0.05, 0) is 59.4 Å². The highest BCUT2D eigenvalue weighted by Crippen LogP contribution is 2.32. The first-order valence-corrected chi connectivity index (χ1v) is 11.1. The van der Waals surface area contributed by atoms with Crippen molar-refractivity contribution in [3.8, 4) is 11.5 Å². The van der Waals surface area contributed by atoms with E-state index in [0.29, 0.717) is 26.3 Å². The minimum absolute atomic E-state index is 0.0571. The van der Waals surface area contributed by atoms with E-state index in [-0.39, 0.29) is 11.8 Å². The molecule has 0 aliphatic carbocycles. The summed E-state index contributed by atoms with van der Waals surface area (Å²) < 4.78 is 11.4. The molecular formula is C26H34N2O4. The van der Waals surface area contributed by atoms with Gasteiger partial charge in [0.2, 0.25) is 11.8 Å². The normalized spacial score (nSPS) is 11.4. The number of nitrogens with one attached hydrogen (secondary N) is 2. The number of benzene rings is 2. The van der Waals surface area contributed by atoms with Gasteiger partial charge >= 0.3 is 0 Å². The predicted molar refractivity (Wildman–Crippen MR) is 129 cm³/mol. The Morgan fingerprint density at radius 3 is 1.28 bits per heavy atom. The van der Waals surface area contributed by atoms with Crippen LogP contribution >= 0.6 is 0 Å². The minimum Gasteiger partial charge on any atom is -0.492 e. The molecule has 32 heavy (non-hydrogen) atoms. The van der Waals surface area contributed by atoms with Crippen LogP contribution in [0.4, 0.5) is 0 Å². The van der Waals surface area contributed by atoms with Gasteiger partial charge in [0.05, 0.1) is 13.1 Å². The van der Waals surface area contributed by atoms with E-state index < -0.39 is 0 Å². The molecule has 172 valence electrons. The summed E-state index contributed by atoms with van der Waals surface area (Å²) >= 11 is 0. The summed E-state index contributed by atoms with van der Waals surface area (Å²) in [4.78, 5) is 21.8. The van der Waals surface area contributed by atoms with Crippen molar-refractivity contribution in [3.63, 3.8) is 0 Å². The van der Waals surface area contributed by atoms with Crippen LogP contribution in [0.1, 0.15) is 51.7 Å². The van der Waals surface area contributed by atoms with Gasteiger partial charge in [-0.1, -0.05) is 38.1 Å². The Morgan fingerprint density at radius 2 is 1.00 bits per heavy atom. The van der Waals surface area contributed by atoms with Crippen LogP contribution < -0.4 is 20.1 Å². The fourth-order valence-corrected chi connectivity index (χ4v) is 3.48. The first-order chi connectivity index (χ1) is 15.4. The van der Waals surface area contributed by atoms with Gasteiger partial charge in [-0.3, -0.25) is 9.59 Å². The molecular weight excluding hydrogens is 404 g/mol. The third kappa shape index (κ3) is 8.10. The Morgan fingerprint density at radius 1 is 0.656 bits per heavy atom. The number of hydrogen-bond acceptors (Lipinski definition) is 4. The zero-order valence-electron chi connectivity index (χ0n) is 19.5. The fraction of sp³-hybridized carbons (Fsp3) is 0.385. The lowest BCUT2D eigenvalue weighted by Crippen LogP contribution is -2.25. The average molecular weight is 439 g/mol. The number of ether oxygens (including phenoxy) is 2. The minimum atomic E-state index is -0.0571. The van der Waals surface area contributed by atoms with Crippen LogP contribution in [0.2, 0.25) is 0 Å². The first-order valence-electron chi connectivity index (χ1n) is 11.1. The van der Waals surface area contributed by atoms with Gasteiger partial charge in [0.25, 0.3) is 0 Å². The van der Waals surface area contributed by atoms with Crippen molar-refractivity contribution in [1.29, 1.82) is 0 Å². The largest absolute Gasteiger partial charge is 0.492 e. The highest BCUT2D eigenvalue weighted by molar-refractivity contribution is 5.90. The lowest BCUT2D eigenvalue weighted by molar-refractivity contribution is -0.119. The smallest absolute Gasteiger partial charge is 0.216 e. The Kier molecular flexibility index (Phi) is 10.3. The molecule has 6 nitrogen and oxygen atoms in total. The van der Waals surface area contributed by atoms with Crippen LogP contribution in [0, 0.1) is 0 Å². The average Bonchev–Trinajstić information content (AvgIpc) is 2.79. The van der Waals surface area contributed by atoms with E-state index in [1.54, 1.807) is 0 Å². The van der Waals surface area contributed by atoms with Crippen LogP contribution in [0.5, 0.6) is 11.5 Å². The molecule has 0 atom stereocenters. The lowest BCUT2D eigenvalue weighted by atomic mass is 9.91. The standard InChI is InChI=1S/C26H34N2O4/c1-5-25(21-7-11-23(12-8-21)31-17-15-27-19(3)29)26(6-2)22-9-13-24(14-10-22)32-18-16-28-20(4)30/h7-14H,5-6,15-18H2,1-4H3,(H,27,29)(H,28,30)/b26-25+. The van der Waals surface area contributed by atoms with Gasteiger partial charge in [0.1, 0.15) is 24.7 Å². The third-order valence-corrected chi connectivity index (χ3v) is 4.97. The number of carbonyl (C=O) groups is 2. The van der Waals surface area contributed by atoms with E-state index in [1.165, 1.54) is 36.1 Å². The van der Waals surface area contributed by atoms with Crippen molar-refractivity contribution in [2.45, 2.75) is 40.5 Å². The van der Waals surface area contributed by atoms with E-state index in [9.17, 15) is 9.59 Å². The van der Waals surface area contributed by atoms with E-state index in [0.717, 1.165) is 24.3 Å². The molecule has 2 rings (SSSR count). The van der Waals surface area contributed by atoms with Crippen LogP contribution in [0.3, 0.4) is 0 Å². The maximum atomic E-state index is 10.9. The maximum Gasteiger partial charge on any atom is 0.216 e. The maximum absolute atomic E-state index is 10.9. The molecule has 2 aromatic carbocycles. The molecule has 0 bridgehead atoms. The number of amides is 2. The summed E-state index contributed by atoms with van der Waals surface area (Å²) in [6, 6.07) is 16.2. The lowest BCUT2D eigenvalue weighted by Gasteiger charge is -2.15. The van der Waals surface area contributed by atoms with Gasteiger partial charge in [0, 0.05) is 13.8 Å². The summed E-state index contributed by atoms with van der Waals surface area (Å²) in [5, 5.41) is 5.44. The molecule has 0 unspecified atom stereocenters. The van der Waals surface area contributed by atoms with Gasteiger partial charge < -0.3 is 20.1 Å². The molecule has 0 heterocycles. The number of carbonyl (C=O) groups excluding carboxylic acids is 2. The Bertz CT molecular complexity index is 827. The van der Waals surface area contributed by atoms with Crippen LogP contribution in [0.25, 0.3) is 11.1 Å². The predicted octanol–water partition coefficient (Wildman–Crippen LogP) is 4.45. The van der Waals surface area contributed by atoms with Crippen molar-refractivity contribution in [3.05, 3.63) is 59.7 Å². The topological polar surface area (TPSA) is 76.7 Å². The van der Waals surface area contributed by atoms with Crippen LogP contribution in [-0.4, -0.2) is 38.1 Å². The van der Waals surface area contributed by atoms with Gasteiger partial charge in [-0.15, -0.1) is 0 Å². The second-order valence-corrected chi connectivity index (χ2v) is 7.38. The van der Waals surface area contributed by atoms with E-state index in [2.05, 4.69) is 48.7 Å². The molecule has 0 aromatic heterocycles. The van der Waals surface area contributed by atoms with Crippen molar-refractivity contribution < 1.29 is 19.1 Å². The van der Waals surface area contributed by atoms with Crippen molar-refractivity contribution in [2.24, 2.45) is 0 Å². The molecule has 0 spiro atoms. The summed E-state index contributed by atoms with van der Waals surface area (Å²) in [5.74, 6) is 1.46. The fourth-order valence-electron chi connectivity index (χ4n) is 3.48. The molecule has 0 saturated heterocycles. The number of allylic oxidation sites excluding steroid dienone is 2. The van der Waals surface area contributed by atoms with E-state index >= 15 is 0 Å². The quantitative estimate of drug-likeness (QED) is 0.379. The second kappa shape index (κ2) is 13.2. The van der Waals surface area contributed by atoms with E-state index in [4.69, 9.17) is 9.47 Å². The molecule has 0 aliphatic rings. The number of rotatable bonds is 12. The highest BCUT2D eigenvalue weighted by atomic mass is 16.5. The van der Waals surface area contributed by atoms with Gasteiger partial charge in [-0.25, -0.2) is 0 Å². The zero-order chi connectivity index (χ0) is 23.3. The Labute approximate surface area is 191 Å². The molecule has 2 amide bonds. The van der Waals surface area contributed by atoms with Crippen molar-refractivity contribution >= 4 is 23.0 Å². The molecule has 0 fully saturated rings. The molecule has 0 saturated carbocycles. The summed E-state index contributed by atoms with van der Waals surface area (Å²) in [6.45, 7) is 9.18. The number of hydrogen-bond donors (Lipinski definition) is 2. The zero-order valence-corrected chi connectivity index (χ0v) is 19.5. The second-order valence-electron chi connectivity index (χ2n) is 7.38. The van der Waals surface area contributed by atoms with Crippen LogP contribution in [0.15, 0.2) is 48.5 Å². The molecule has 0 aliphatic heterocycles. The summed E-state index contributed by atoms with van der Waals surface area (Å²) in [5.41, 5.74) is 4.96. The van der Waals surface area contributed by atoms with Crippen LogP contribution in [-0.2, 0) is 9.59 Å². The molecule has 2 N–H and O–H groups in total. The first kappa shape index (κ1) is 25.0. The third-order valence-electron chi connectivity index (χ3n) is 4.97. The SMILES string of the molecule is CC/C(=C(/CC)c1ccc(OCCNC(C)=O)cc1)c1ccc(OCCNC(C)=O)cc1. The molecule has 0 radical (unpaired) electrons. The molecule has 6 heteroatoms. The summed E-state index contributed by atoms with van der Waals surface area (Å²) in [6.07, 6.45) is 1.84.